The Morgan fingerprint density at radius 1 is 0.952 bits per heavy atom. The molecule has 0 bridgehead atoms. The van der Waals surface area contributed by atoms with Crippen molar-refractivity contribution in [2.75, 3.05) is 0 Å². The molecule has 0 unspecified atom stereocenters. The van der Waals surface area contributed by atoms with Gasteiger partial charge in [-0.3, -0.25) is 14.8 Å². The average molecular weight is 278 g/mol. The Morgan fingerprint density at radius 2 is 1.52 bits per heavy atom. The van der Waals surface area contributed by atoms with Crippen molar-refractivity contribution >= 4 is 17.9 Å². The number of carbonyl (C=O) groups excluding carboxylic acids is 1. The minimum Gasteiger partial charge on any atom is -0.508 e. The topological polar surface area (TPSA) is 63.1 Å². The van der Waals surface area contributed by atoms with E-state index in [0.717, 1.165) is 17.2 Å². The maximum absolute atomic E-state index is 11.6. The smallest absolute Gasteiger partial charge is 0.182 e. The van der Waals surface area contributed by atoms with Crippen molar-refractivity contribution in [3.8, 4) is 0 Å². The van der Waals surface area contributed by atoms with E-state index in [0.29, 0.717) is 0 Å². The van der Waals surface area contributed by atoms with Crippen molar-refractivity contribution in [3.05, 3.63) is 84.2 Å². The van der Waals surface area contributed by atoms with Gasteiger partial charge in [0.25, 0.3) is 0 Å². The summed E-state index contributed by atoms with van der Waals surface area (Å²) in [5.74, 6) is -0.410. The number of hydrogen-bond donors (Lipinski definition) is 1. The van der Waals surface area contributed by atoms with Gasteiger partial charge in [0, 0.05) is 30.9 Å². The summed E-state index contributed by atoms with van der Waals surface area (Å²) in [6.45, 7) is 0. The summed E-state index contributed by atoms with van der Waals surface area (Å²) in [6.07, 6.45) is 13.9. The maximum Gasteiger partial charge on any atom is 0.182 e. The van der Waals surface area contributed by atoms with E-state index >= 15 is 0 Å². The fourth-order valence-corrected chi connectivity index (χ4v) is 1.55. The molecule has 0 aliphatic rings. The van der Waals surface area contributed by atoms with Crippen molar-refractivity contribution in [2.45, 2.75) is 0 Å². The second kappa shape index (κ2) is 7.55. The SMILES string of the molecule is O=C(/C=C(O)/C=C/c1cccnc1)/C=C/c1cccnc1. The number of pyridine rings is 2. The summed E-state index contributed by atoms with van der Waals surface area (Å²) in [4.78, 5) is 19.5. The van der Waals surface area contributed by atoms with Crippen LogP contribution in [0.3, 0.4) is 0 Å². The number of rotatable bonds is 5. The summed E-state index contributed by atoms with van der Waals surface area (Å²) in [5, 5.41) is 9.66. The van der Waals surface area contributed by atoms with E-state index in [9.17, 15) is 9.90 Å². The molecule has 2 aromatic rings. The van der Waals surface area contributed by atoms with Crippen molar-refractivity contribution in [1.29, 1.82) is 0 Å². The second-order valence-electron chi connectivity index (χ2n) is 4.21. The predicted octanol–water partition coefficient (Wildman–Crippen LogP) is 3.21. The summed E-state index contributed by atoms with van der Waals surface area (Å²) in [5.41, 5.74) is 1.67. The van der Waals surface area contributed by atoms with Gasteiger partial charge in [-0.2, -0.15) is 0 Å². The summed E-state index contributed by atoms with van der Waals surface area (Å²) < 4.78 is 0. The average Bonchev–Trinajstić information content (AvgIpc) is 2.53. The van der Waals surface area contributed by atoms with Crippen LogP contribution in [-0.2, 0) is 4.79 Å². The molecular weight excluding hydrogens is 264 g/mol. The van der Waals surface area contributed by atoms with E-state index in [1.54, 1.807) is 49.1 Å². The zero-order valence-electron chi connectivity index (χ0n) is 11.3. The van der Waals surface area contributed by atoms with E-state index in [2.05, 4.69) is 9.97 Å². The number of aliphatic hydroxyl groups is 1. The van der Waals surface area contributed by atoms with Crippen LogP contribution < -0.4 is 0 Å². The number of aliphatic hydroxyl groups excluding tert-OH is 1. The number of carbonyl (C=O) groups is 1. The summed E-state index contributed by atoms with van der Waals surface area (Å²) in [7, 11) is 0. The summed E-state index contributed by atoms with van der Waals surface area (Å²) >= 11 is 0. The van der Waals surface area contributed by atoms with Crippen LogP contribution in [0.2, 0.25) is 0 Å². The molecule has 0 aliphatic carbocycles. The number of hydrogen-bond acceptors (Lipinski definition) is 4. The zero-order chi connectivity index (χ0) is 14.9. The molecule has 0 radical (unpaired) electrons. The maximum atomic E-state index is 11.6. The highest BCUT2D eigenvalue weighted by atomic mass is 16.3. The number of allylic oxidation sites excluding steroid dienone is 3. The number of nitrogens with zero attached hydrogens (tertiary/aromatic N) is 2. The van der Waals surface area contributed by atoms with Gasteiger partial charge in [-0.1, -0.05) is 12.1 Å². The van der Waals surface area contributed by atoms with Gasteiger partial charge >= 0.3 is 0 Å². The monoisotopic (exact) mass is 278 g/mol. The second-order valence-corrected chi connectivity index (χ2v) is 4.21. The van der Waals surface area contributed by atoms with Crippen LogP contribution in [0.4, 0.5) is 0 Å². The molecule has 0 fully saturated rings. The number of aromatic nitrogens is 2. The van der Waals surface area contributed by atoms with Crippen LogP contribution in [0.15, 0.2) is 73.0 Å². The van der Waals surface area contributed by atoms with Crippen molar-refractivity contribution < 1.29 is 9.90 Å². The normalized spacial score (nSPS) is 12.1. The standard InChI is InChI=1S/C17H14N2O2/c20-16(7-5-14-3-1-9-18-12-14)11-17(21)8-6-15-4-2-10-19-13-15/h1-13,20H/b7-5+,8-6+,16-11-. The van der Waals surface area contributed by atoms with Gasteiger partial charge < -0.3 is 5.11 Å². The molecule has 4 nitrogen and oxygen atoms in total. The highest BCUT2D eigenvalue weighted by Gasteiger charge is 1.94. The molecule has 2 rings (SSSR count). The molecule has 2 heterocycles. The molecule has 0 aromatic carbocycles. The van der Waals surface area contributed by atoms with E-state index in [1.165, 1.54) is 12.2 Å². The quantitative estimate of drug-likeness (QED) is 0.518. The minimum atomic E-state index is -0.299. The first kappa shape index (κ1) is 14.4. The lowest BCUT2D eigenvalue weighted by molar-refractivity contribution is -0.110. The molecule has 0 aliphatic heterocycles. The predicted molar refractivity (Wildman–Crippen MR) is 82.3 cm³/mol. The van der Waals surface area contributed by atoms with Gasteiger partial charge in [0.15, 0.2) is 5.78 Å². The highest BCUT2D eigenvalue weighted by Crippen LogP contribution is 2.03. The van der Waals surface area contributed by atoms with Gasteiger partial charge in [0.2, 0.25) is 0 Å². The molecule has 0 amide bonds. The molecule has 104 valence electrons. The third-order valence-electron chi connectivity index (χ3n) is 2.55. The van der Waals surface area contributed by atoms with E-state index in [-0.39, 0.29) is 11.5 Å². The Balaban J connectivity index is 1.97. The van der Waals surface area contributed by atoms with Gasteiger partial charge in [-0.05, 0) is 47.6 Å². The molecule has 0 saturated heterocycles. The van der Waals surface area contributed by atoms with Crippen LogP contribution in [-0.4, -0.2) is 20.9 Å². The van der Waals surface area contributed by atoms with Gasteiger partial charge in [-0.15, -0.1) is 0 Å². The van der Waals surface area contributed by atoms with Crippen LogP contribution in [0.1, 0.15) is 11.1 Å². The first-order chi connectivity index (χ1) is 10.2. The van der Waals surface area contributed by atoms with E-state index in [4.69, 9.17) is 0 Å². The molecule has 21 heavy (non-hydrogen) atoms. The molecular formula is C17H14N2O2. The Kier molecular flexibility index (Phi) is 5.18. The molecule has 0 saturated carbocycles. The van der Waals surface area contributed by atoms with Crippen molar-refractivity contribution in [2.24, 2.45) is 0 Å². The van der Waals surface area contributed by atoms with Gasteiger partial charge in [0.1, 0.15) is 5.76 Å². The largest absolute Gasteiger partial charge is 0.508 e. The Hall–Kier alpha value is -3.01. The fourth-order valence-electron chi connectivity index (χ4n) is 1.55. The molecule has 0 atom stereocenters. The first-order valence-electron chi connectivity index (χ1n) is 6.35. The van der Waals surface area contributed by atoms with Gasteiger partial charge in [-0.25, -0.2) is 0 Å². The zero-order valence-corrected chi connectivity index (χ0v) is 11.3. The Bertz CT molecular complexity index is 674. The van der Waals surface area contributed by atoms with Crippen LogP contribution in [0, 0.1) is 0 Å². The number of ketones is 1. The van der Waals surface area contributed by atoms with Gasteiger partial charge in [0.05, 0.1) is 0 Å². The van der Waals surface area contributed by atoms with Crippen LogP contribution in [0.25, 0.3) is 12.2 Å². The summed E-state index contributed by atoms with van der Waals surface area (Å²) in [6, 6.07) is 7.26. The van der Waals surface area contributed by atoms with Crippen molar-refractivity contribution in [1.82, 2.24) is 9.97 Å². The molecule has 4 heteroatoms. The molecule has 0 spiro atoms. The van der Waals surface area contributed by atoms with Crippen LogP contribution >= 0.6 is 0 Å². The third kappa shape index (κ3) is 5.24. The Labute approximate surface area is 122 Å². The lowest BCUT2D eigenvalue weighted by Crippen LogP contribution is -1.88. The van der Waals surface area contributed by atoms with Crippen LogP contribution in [0.5, 0.6) is 0 Å². The minimum absolute atomic E-state index is 0.111. The first-order valence-corrected chi connectivity index (χ1v) is 6.35. The lowest BCUT2D eigenvalue weighted by atomic mass is 10.2. The molecule has 2 aromatic heterocycles. The van der Waals surface area contributed by atoms with E-state index < -0.39 is 0 Å². The molecule has 1 N–H and O–H groups in total. The third-order valence-corrected chi connectivity index (χ3v) is 2.55. The lowest BCUT2D eigenvalue weighted by Gasteiger charge is -1.92. The van der Waals surface area contributed by atoms with Crippen molar-refractivity contribution in [3.63, 3.8) is 0 Å². The fraction of sp³-hybridized carbons (Fsp3) is 0. The van der Waals surface area contributed by atoms with E-state index in [1.807, 2.05) is 12.1 Å². The Morgan fingerprint density at radius 3 is 2.05 bits per heavy atom. The highest BCUT2D eigenvalue weighted by molar-refractivity contribution is 6.02.